The Labute approximate surface area is 160 Å². The molecule has 1 aliphatic heterocycles. The molecule has 0 saturated carbocycles. The lowest BCUT2D eigenvalue weighted by atomic mass is 10.0. The highest BCUT2D eigenvalue weighted by molar-refractivity contribution is 6.00. The number of H-pyrrole nitrogens is 1. The number of ether oxygens (including phenoxy) is 2. The van der Waals surface area contributed by atoms with Gasteiger partial charge in [0.1, 0.15) is 11.9 Å². The number of carbonyl (C=O) groups is 1. The second-order valence-electron chi connectivity index (χ2n) is 6.41. The van der Waals surface area contributed by atoms with Gasteiger partial charge in [-0.05, 0) is 24.6 Å². The van der Waals surface area contributed by atoms with Crippen molar-refractivity contribution in [3.8, 4) is 17.1 Å². The van der Waals surface area contributed by atoms with Crippen LogP contribution in [0.4, 0.5) is 4.39 Å². The van der Waals surface area contributed by atoms with Crippen LogP contribution in [-0.4, -0.2) is 46.4 Å². The zero-order valence-electron chi connectivity index (χ0n) is 15.0. The molecule has 1 aromatic carbocycles. The largest absolute Gasteiger partial charge is 0.470 e. The summed E-state index contributed by atoms with van der Waals surface area (Å²) in [7, 11) is 0. The molecule has 1 aliphatic rings. The molecule has 8 heteroatoms. The molecule has 4 rings (SSSR count). The van der Waals surface area contributed by atoms with Gasteiger partial charge < -0.3 is 14.8 Å². The van der Waals surface area contributed by atoms with E-state index in [9.17, 15) is 9.18 Å². The van der Waals surface area contributed by atoms with Crippen molar-refractivity contribution in [3.63, 3.8) is 0 Å². The smallest absolute Gasteiger partial charge is 0.255 e. The molecule has 28 heavy (non-hydrogen) atoms. The molecule has 2 N–H and O–H groups in total. The van der Waals surface area contributed by atoms with Crippen molar-refractivity contribution >= 4 is 5.91 Å². The lowest BCUT2D eigenvalue weighted by Crippen LogP contribution is -2.51. The number of aromatic amines is 1. The zero-order valence-corrected chi connectivity index (χ0v) is 15.0. The highest BCUT2D eigenvalue weighted by Gasteiger charge is 2.30. The number of hydrogen-bond donors (Lipinski definition) is 2. The molecule has 3 aromatic rings. The van der Waals surface area contributed by atoms with Crippen LogP contribution in [0.2, 0.25) is 0 Å². The summed E-state index contributed by atoms with van der Waals surface area (Å²) >= 11 is 0. The van der Waals surface area contributed by atoms with E-state index in [4.69, 9.17) is 9.47 Å². The normalized spacial score (nSPS) is 19.2. The van der Waals surface area contributed by atoms with Gasteiger partial charge in [-0.2, -0.15) is 5.10 Å². The Morgan fingerprint density at radius 2 is 2.11 bits per heavy atom. The molecule has 0 radical (unpaired) electrons. The Morgan fingerprint density at radius 3 is 2.93 bits per heavy atom. The average molecular weight is 382 g/mol. The molecular weight excluding hydrogens is 363 g/mol. The minimum absolute atomic E-state index is 0.271. The van der Waals surface area contributed by atoms with E-state index in [1.165, 1.54) is 12.3 Å². The fourth-order valence-corrected chi connectivity index (χ4v) is 3.14. The third-order valence-electron chi connectivity index (χ3n) is 4.56. The summed E-state index contributed by atoms with van der Waals surface area (Å²) in [6, 6.07) is 11.3. The highest BCUT2D eigenvalue weighted by atomic mass is 19.1. The fraction of sp³-hybridized carbons (Fsp3) is 0.250. The SMILES string of the molecule is O=C(N[C@@H]1CCOC[C@H]1Oc1ccccn1)c1cn[nH]c1-c1ccccc1F. The van der Waals surface area contributed by atoms with Gasteiger partial charge in [-0.25, -0.2) is 9.37 Å². The molecule has 0 unspecified atom stereocenters. The van der Waals surface area contributed by atoms with E-state index in [1.54, 1.807) is 36.5 Å². The molecule has 1 saturated heterocycles. The topological polar surface area (TPSA) is 89.1 Å². The molecule has 0 bridgehead atoms. The quantitative estimate of drug-likeness (QED) is 0.708. The van der Waals surface area contributed by atoms with Crippen molar-refractivity contribution < 1.29 is 18.7 Å². The first-order valence-corrected chi connectivity index (χ1v) is 8.97. The van der Waals surface area contributed by atoms with Crippen LogP contribution in [0.5, 0.6) is 5.88 Å². The fourth-order valence-electron chi connectivity index (χ4n) is 3.14. The van der Waals surface area contributed by atoms with Gasteiger partial charge in [0.05, 0.1) is 30.1 Å². The predicted octanol–water partition coefficient (Wildman–Crippen LogP) is 2.58. The number of nitrogens with zero attached hydrogens (tertiary/aromatic N) is 2. The van der Waals surface area contributed by atoms with Gasteiger partial charge in [-0.15, -0.1) is 0 Å². The minimum Gasteiger partial charge on any atom is -0.470 e. The number of rotatable bonds is 5. The second-order valence-corrected chi connectivity index (χ2v) is 6.41. The third kappa shape index (κ3) is 3.86. The Kier molecular flexibility index (Phi) is 5.29. The molecule has 2 atom stereocenters. The minimum atomic E-state index is -0.428. The van der Waals surface area contributed by atoms with Crippen LogP contribution in [0.15, 0.2) is 54.9 Å². The summed E-state index contributed by atoms with van der Waals surface area (Å²) in [4.78, 5) is 17.0. The van der Waals surface area contributed by atoms with Crippen LogP contribution in [0.25, 0.3) is 11.3 Å². The van der Waals surface area contributed by atoms with Crippen molar-refractivity contribution in [1.82, 2.24) is 20.5 Å². The summed E-state index contributed by atoms with van der Waals surface area (Å²) in [6.07, 6.45) is 3.25. The summed E-state index contributed by atoms with van der Waals surface area (Å²) in [5, 5.41) is 9.60. The van der Waals surface area contributed by atoms with Crippen molar-refractivity contribution in [3.05, 3.63) is 66.2 Å². The highest BCUT2D eigenvalue weighted by Crippen LogP contribution is 2.24. The van der Waals surface area contributed by atoms with Crippen LogP contribution in [0.1, 0.15) is 16.8 Å². The molecule has 3 heterocycles. The van der Waals surface area contributed by atoms with Crippen LogP contribution < -0.4 is 10.1 Å². The number of benzene rings is 1. The third-order valence-corrected chi connectivity index (χ3v) is 4.56. The van der Waals surface area contributed by atoms with Crippen molar-refractivity contribution in [2.75, 3.05) is 13.2 Å². The van der Waals surface area contributed by atoms with Crippen molar-refractivity contribution in [1.29, 1.82) is 0 Å². The van der Waals surface area contributed by atoms with E-state index < -0.39 is 5.82 Å². The van der Waals surface area contributed by atoms with E-state index in [0.717, 1.165) is 0 Å². The average Bonchev–Trinajstić information content (AvgIpc) is 3.20. The molecule has 0 spiro atoms. The summed E-state index contributed by atoms with van der Waals surface area (Å²) in [5.41, 5.74) is 0.899. The number of aromatic nitrogens is 3. The number of halogens is 1. The van der Waals surface area contributed by atoms with Gasteiger partial charge in [0.15, 0.2) is 0 Å². The summed E-state index contributed by atoms with van der Waals surface area (Å²) in [5.74, 6) is -0.315. The molecule has 0 aliphatic carbocycles. The Balaban J connectivity index is 1.51. The molecule has 2 aromatic heterocycles. The maximum Gasteiger partial charge on any atom is 0.255 e. The first-order valence-electron chi connectivity index (χ1n) is 8.97. The Bertz CT molecular complexity index is 947. The van der Waals surface area contributed by atoms with E-state index >= 15 is 0 Å². The number of nitrogens with one attached hydrogen (secondary N) is 2. The van der Waals surface area contributed by atoms with E-state index in [-0.39, 0.29) is 23.6 Å². The van der Waals surface area contributed by atoms with Gasteiger partial charge in [-0.1, -0.05) is 18.2 Å². The Hall–Kier alpha value is -3.26. The maximum absolute atomic E-state index is 14.1. The molecule has 7 nitrogen and oxygen atoms in total. The Morgan fingerprint density at radius 1 is 1.25 bits per heavy atom. The maximum atomic E-state index is 14.1. The predicted molar refractivity (Wildman–Crippen MR) is 99.3 cm³/mol. The van der Waals surface area contributed by atoms with Gasteiger partial charge in [-0.3, -0.25) is 9.89 Å². The monoisotopic (exact) mass is 382 g/mol. The van der Waals surface area contributed by atoms with Crippen LogP contribution >= 0.6 is 0 Å². The van der Waals surface area contributed by atoms with Crippen molar-refractivity contribution in [2.24, 2.45) is 0 Å². The number of amides is 1. The lowest BCUT2D eigenvalue weighted by molar-refractivity contribution is -0.0152. The van der Waals surface area contributed by atoms with Crippen LogP contribution in [0.3, 0.4) is 0 Å². The van der Waals surface area contributed by atoms with Gasteiger partial charge in [0.25, 0.3) is 5.91 Å². The van der Waals surface area contributed by atoms with Gasteiger partial charge >= 0.3 is 0 Å². The first-order chi connectivity index (χ1) is 13.7. The van der Waals surface area contributed by atoms with Crippen LogP contribution in [-0.2, 0) is 4.74 Å². The number of carbonyl (C=O) groups excluding carboxylic acids is 1. The lowest BCUT2D eigenvalue weighted by Gasteiger charge is -2.32. The molecular formula is C20H19FN4O3. The van der Waals surface area contributed by atoms with E-state index in [2.05, 4.69) is 20.5 Å². The standard InChI is InChI=1S/C20H19FN4O3/c21-15-6-2-1-5-13(15)19-14(11-23-25-19)20(26)24-16-8-10-27-12-17(16)28-18-7-3-4-9-22-18/h1-7,9,11,16-17H,8,10,12H2,(H,23,25)(H,24,26)/t16-,17-/m1/s1. The summed E-state index contributed by atoms with van der Waals surface area (Å²) < 4.78 is 25.5. The molecule has 144 valence electrons. The zero-order chi connectivity index (χ0) is 19.3. The van der Waals surface area contributed by atoms with E-state index in [1.807, 2.05) is 6.07 Å². The van der Waals surface area contributed by atoms with Gasteiger partial charge in [0.2, 0.25) is 5.88 Å². The second kappa shape index (κ2) is 8.18. The van der Waals surface area contributed by atoms with Crippen LogP contribution in [0, 0.1) is 5.82 Å². The molecule has 1 amide bonds. The summed E-state index contributed by atoms with van der Waals surface area (Å²) in [6.45, 7) is 0.853. The van der Waals surface area contributed by atoms with Crippen molar-refractivity contribution in [2.45, 2.75) is 18.6 Å². The number of hydrogen-bond acceptors (Lipinski definition) is 5. The first kappa shape index (κ1) is 18.1. The van der Waals surface area contributed by atoms with E-state index in [0.29, 0.717) is 36.8 Å². The molecule has 1 fully saturated rings. The van der Waals surface area contributed by atoms with Gasteiger partial charge in [0, 0.05) is 24.4 Å². The number of pyridine rings is 1.